The van der Waals surface area contributed by atoms with Gasteiger partial charge in [-0.05, 0) is 47.9 Å². The third kappa shape index (κ3) is 4.03. The molecule has 1 fully saturated rings. The molecule has 4 amide bonds. The van der Waals surface area contributed by atoms with E-state index in [1.165, 1.54) is 40.2 Å². The molecule has 1 saturated heterocycles. The molecule has 0 radical (unpaired) electrons. The Kier molecular flexibility index (Phi) is 5.36. The Morgan fingerprint density at radius 1 is 1.15 bits per heavy atom. The van der Waals surface area contributed by atoms with Crippen LogP contribution in [0.15, 0.2) is 48.7 Å². The van der Waals surface area contributed by atoms with Gasteiger partial charge in [-0.2, -0.15) is 9.90 Å². The van der Waals surface area contributed by atoms with E-state index >= 15 is 0 Å². The zero-order valence-electron chi connectivity index (χ0n) is 17.8. The fourth-order valence-corrected chi connectivity index (χ4v) is 4.05. The lowest BCUT2D eigenvalue weighted by Gasteiger charge is -2.29. The largest absolute Gasteiger partial charge is 0.347 e. The predicted octanol–water partition coefficient (Wildman–Crippen LogP) is 1.10. The van der Waals surface area contributed by atoms with Gasteiger partial charge < -0.3 is 10.2 Å². The Morgan fingerprint density at radius 3 is 2.71 bits per heavy atom. The number of amides is 4. The Morgan fingerprint density at radius 2 is 1.94 bits per heavy atom. The van der Waals surface area contributed by atoms with Crippen LogP contribution in [0.2, 0.25) is 0 Å². The van der Waals surface area contributed by atoms with Gasteiger partial charge in [0.1, 0.15) is 11.9 Å². The van der Waals surface area contributed by atoms with Crippen molar-refractivity contribution in [2.45, 2.75) is 32.0 Å². The monoisotopic (exact) mass is 462 g/mol. The van der Waals surface area contributed by atoms with Crippen molar-refractivity contribution in [3.63, 3.8) is 0 Å². The summed E-state index contributed by atoms with van der Waals surface area (Å²) in [5, 5.41) is 13.2. The molecule has 1 unspecified atom stereocenters. The number of halogens is 1. The summed E-state index contributed by atoms with van der Waals surface area (Å²) in [6, 6.07) is 10.2. The standard InChI is InChI=1S/C23H19FN6O4/c24-15-3-5-16(6-4-15)30-26-11-18(28-30)21(32)25-10-13-1-2-14-12-29(23(34)17(14)9-13)19-7-8-20(31)27-22(19)33/h1-6,9,11,19H,7-8,10,12H2,(H,25,32)(H,27,31,33). The van der Waals surface area contributed by atoms with Gasteiger partial charge in [0.15, 0.2) is 5.69 Å². The van der Waals surface area contributed by atoms with Crippen LogP contribution in [0.3, 0.4) is 0 Å². The lowest BCUT2D eigenvalue weighted by atomic mass is 10.0. The molecule has 172 valence electrons. The minimum absolute atomic E-state index is 0.0885. The van der Waals surface area contributed by atoms with Crippen molar-refractivity contribution in [1.82, 2.24) is 30.5 Å². The van der Waals surface area contributed by atoms with Crippen molar-refractivity contribution >= 4 is 23.6 Å². The summed E-state index contributed by atoms with van der Waals surface area (Å²) in [5.74, 6) is -1.91. The highest BCUT2D eigenvalue weighted by atomic mass is 19.1. The average molecular weight is 462 g/mol. The number of nitrogens with one attached hydrogen (secondary N) is 2. The van der Waals surface area contributed by atoms with Crippen LogP contribution < -0.4 is 10.6 Å². The molecule has 34 heavy (non-hydrogen) atoms. The van der Waals surface area contributed by atoms with Crippen LogP contribution in [-0.2, 0) is 22.7 Å². The molecule has 11 heteroatoms. The molecule has 2 aliphatic rings. The van der Waals surface area contributed by atoms with Crippen LogP contribution in [-0.4, -0.2) is 49.6 Å². The molecule has 0 bridgehead atoms. The van der Waals surface area contributed by atoms with Gasteiger partial charge >= 0.3 is 0 Å². The first-order valence-corrected chi connectivity index (χ1v) is 10.6. The SMILES string of the molecule is O=C1CCC(N2Cc3ccc(CNC(=O)c4cnn(-c5ccc(F)cc5)n4)cc3C2=O)C(=O)N1. The molecular formula is C23H19FN6O4. The van der Waals surface area contributed by atoms with E-state index in [4.69, 9.17) is 0 Å². The molecule has 0 aliphatic carbocycles. The second-order valence-corrected chi connectivity index (χ2v) is 8.07. The zero-order chi connectivity index (χ0) is 23.8. The molecule has 1 aromatic heterocycles. The maximum atomic E-state index is 13.1. The van der Waals surface area contributed by atoms with Gasteiger partial charge in [0.2, 0.25) is 11.8 Å². The van der Waals surface area contributed by atoms with Crippen molar-refractivity contribution in [3.8, 4) is 5.69 Å². The van der Waals surface area contributed by atoms with Gasteiger partial charge in [0.25, 0.3) is 11.8 Å². The Bertz CT molecular complexity index is 1320. The second kappa shape index (κ2) is 8.50. The summed E-state index contributed by atoms with van der Waals surface area (Å²) >= 11 is 0. The third-order valence-electron chi connectivity index (χ3n) is 5.83. The molecule has 0 saturated carbocycles. The van der Waals surface area contributed by atoms with Crippen molar-refractivity contribution in [2.24, 2.45) is 0 Å². The number of benzene rings is 2. The van der Waals surface area contributed by atoms with Gasteiger partial charge in [-0.3, -0.25) is 24.5 Å². The summed E-state index contributed by atoms with van der Waals surface area (Å²) in [7, 11) is 0. The average Bonchev–Trinajstić information content (AvgIpc) is 3.44. The molecule has 10 nitrogen and oxygen atoms in total. The third-order valence-corrected chi connectivity index (χ3v) is 5.83. The number of nitrogens with zero attached hydrogens (tertiary/aromatic N) is 4. The van der Waals surface area contributed by atoms with Crippen LogP contribution in [0, 0.1) is 5.82 Å². The highest BCUT2D eigenvalue weighted by molar-refractivity contribution is 6.05. The Balaban J connectivity index is 1.24. The molecular weight excluding hydrogens is 443 g/mol. The van der Waals surface area contributed by atoms with E-state index in [-0.39, 0.29) is 36.3 Å². The lowest BCUT2D eigenvalue weighted by Crippen LogP contribution is -2.52. The first-order valence-electron chi connectivity index (χ1n) is 10.6. The van der Waals surface area contributed by atoms with Crippen LogP contribution in [0.25, 0.3) is 5.69 Å². The zero-order valence-corrected chi connectivity index (χ0v) is 17.8. The maximum absolute atomic E-state index is 13.1. The second-order valence-electron chi connectivity index (χ2n) is 8.07. The van der Waals surface area contributed by atoms with Gasteiger partial charge in [0, 0.05) is 25.1 Å². The van der Waals surface area contributed by atoms with Crippen molar-refractivity contribution in [1.29, 1.82) is 0 Å². The number of rotatable bonds is 5. The van der Waals surface area contributed by atoms with Crippen molar-refractivity contribution < 1.29 is 23.6 Å². The quantitative estimate of drug-likeness (QED) is 0.547. The molecule has 2 aliphatic heterocycles. The fourth-order valence-electron chi connectivity index (χ4n) is 4.05. The van der Waals surface area contributed by atoms with Gasteiger partial charge in [-0.15, -0.1) is 5.10 Å². The van der Waals surface area contributed by atoms with Crippen LogP contribution >= 0.6 is 0 Å². The molecule has 2 N–H and O–H groups in total. The van der Waals surface area contributed by atoms with Crippen LogP contribution in [0.5, 0.6) is 0 Å². The van der Waals surface area contributed by atoms with Crippen LogP contribution in [0.4, 0.5) is 4.39 Å². The Labute approximate surface area is 192 Å². The van der Waals surface area contributed by atoms with E-state index < -0.39 is 17.9 Å². The maximum Gasteiger partial charge on any atom is 0.273 e. The van der Waals surface area contributed by atoms with Gasteiger partial charge in [-0.1, -0.05) is 12.1 Å². The lowest BCUT2D eigenvalue weighted by molar-refractivity contribution is -0.136. The topological polar surface area (TPSA) is 126 Å². The van der Waals surface area contributed by atoms with Crippen molar-refractivity contribution in [2.75, 3.05) is 0 Å². The summed E-state index contributed by atoms with van der Waals surface area (Å²) in [6.45, 7) is 0.445. The fraction of sp³-hybridized carbons (Fsp3) is 0.217. The van der Waals surface area contributed by atoms with E-state index in [2.05, 4.69) is 20.8 Å². The summed E-state index contributed by atoms with van der Waals surface area (Å²) in [6.07, 6.45) is 1.80. The summed E-state index contributed by atoms with van der Waals surface area (Å²) < 4.78 is 13.1. The number of hydrogen-bond acceptors (Lipinski definition) is 6. The molecule has 3 heterocycles. The van der Waals surface area contributed by atoms with Crippen molar-refractivity contribution in [3.05, 3.63) is 76.9 Å². The minimum atomic E-state index is -0.676. The predicted molar refractivity (Wildman–Crippen MR) is 115 cm³/mol. The van der Waals surface area contributed by atoms with E-state index in [0.717, 1.165) is 5.56 Å². The number of aromatic nitrogens is 3. The van der Waals surface area contributed by atoms with E-state index in [1.807, 2.05) is 0 Å². The number of carbonyl (C=O) groups is 4. The number of imide groups is 1. The number of piperidine rings is 1. The van der Waals surface area contributed by atoms with E-state index in [0.29, 0.717) is 29.8 Å². The van der Waals surface area contributed by atoms with Crippen LogP contribution in [0.1, 0.15) is 44.8 Å². The minimum Gasteiger partial charge on any atom is -0.347 e. The summed E-state index contributed by atoms with van der Waals surface area (Å²) in [5.41, 5.74) is 2.56. The van der Waals surface area contributed by atoms with E-state index in [1.54, 1.807) is 18.2 Å². The number of fused-ring (bicyclic) bond motifs is 1. The first-order chi connectivity index (χ1) is 16.4. The smallest absolute Gasteiger partial charge is 0.273 e. The van der Waals surface area contributed by atoms with E-state index in [9.17, 15) is 23.6 Å². The highest BCUT2D eigenvalue weighted by Gasteiger charge is 2.39. The Hall–Kier alpha value is -4.41. The molecule has 1 atom stereocenters. The first kappa shape index (κ1) is 21.4. The highest BCUT2D eigenvalue weighted by Crippen LogP contribution is 2.28. The van der Waals surface area contributed by atoms with Gasteiger partial charge in [0.05, 0.1) is 11.9 Å². The number of carbonyl (C=O) groups excluding carboxylic acids is 4. The van der Waals surface area contributed by atoms with Gasteiger partial charge in [-0.25, -0.2) is 4.39 Å². The molecule has 5 rings (SSSR count). The normalized spacial score (nSPS) is 17.5. The summed E-state index contributed by atoms with van der Waals surface area (Å²) in [4.78, 5) is 51.7. The molecule has 3 aromatic rings. The molecule has 2 aromatic carbocycles. The number of hydrogen-bond donors (Lipinski definition) is 2. The molecule has 0 spiro atoms.